The van der Waals surface area contributed by atoms with Gasteiger partial charge < -0.3 is 24.8 Å². The SMILES string of the molecule is CC(C)c1cnc(N2CCC(n3cc(F)c4c(Nc5ccc(C(=O)N6CCCC(O)C6)cc5F)ncnc43)CC2)nc1. The lowest BCUT2D eigenvalue weighted by Gasteiger charge is -2.32. The predicted octanol–water partition coefficient (Wildman–Crippen LogP) is 4.80. The average molecular weight is 577 g/mol. The van der Waals surface area contributed by atoms with Gasteiger partial charge in [0.15, 0.2) is 5.82 Å². The number of amides is 1. The number of piperidine rings is 2. The van der Waals surface area contributed by atoms with E-state index in [1.807, 2.05) is 17.0 Å². The number of aliphatic hydroxyl groups is 1. The first-order valence-electron chi connectivity index (χ1n) is 14.4. The molecule has 2 aliphatic heterocycles. The van der Waals surface area contributed by atoms with Crippen LogP contribution in [0.2, 0.25) is 0 Å². The van der Waals surface area contributed by atoms with Crippen molar-refractivity contribution in [3.63, 3.8) is 0 Å². The van der Waals surface area contributed by atoms with E-state index in [2.05, 4.69) is 44.0 Å². The molecule has 1 amide bonds. The molecule has 6 rings (SSSR count). The summed E-state index contributed by atoms with van der Waals surface area (Å²) in [5.74, 6) is -0.302. The van der Waals surface area contributed by atoms with Gasteiger partial charge in [-0.1, -0.05) is 13.8 Å². The number of carbonyl (C=O) groups excluding carboxylic acids is 1. The van der Waals surface area contributed by atoms with E-state index in [9.17, 15) is 9.90 Å². The molecule has 1 atom stereocenters. The first-order valence-corrected chi connectivity index (χ1v) is 14.4. The van der Waals surface area contributed by atoms with Crippen LogP contribution in [0.3, 0.4) is 0 Å². The second kappa shape index (κ2) is 11.6. The Balaban J connectivity index is 1.17. The van der Waals surface area contributed by atoms with Crippen LogP contribution in [0.4, 0.5) is 26.2 Å². The zero-order chi connectivity index (χ0) is 29.4. The standard InChI is InChI=1S/C30H34F2N8O2/c1-18(2)20-13-33-30(34-14-20)38-10-7-21(8-11-38)40-16-24(32)26-27(35-17-36-28(26)40)37-25-6-5-19(12-23(25)31)29(42)39-9-3-4-22(41)15-39/h5-6,12-14,16-18,21-22,41H,3-4,7-11,15H2,1-2H3,(H,35,36,37). The monoisotopic (exact) mass is 576 g/mol. The van der Waals surface area contributed by atoms with Crippen LogP contribution in [-0.2, 0) is 0 Å². The number of benzene rings is 1. The Bertz CT molecular complexity index is 1580. The third kappa shape index (κ3) is 5.50. The van der Waals surface area contributed by atoms with E-state index in [1.54, 1.807) is 0 Å². The number of carbonyl (C=O) groups is 1. The quantitative estimate of drug-likeness (QED) is 0.337. The maximum absolute atomic E-state index is 15.3. The van der Waals surface area contributed by atoms with Crippen molar-refractivity contribution in [2.24, 2.45) is 0 Å². The number of nitrogens with one attached hydrogen (secondary N) is 1. The van der Waals surface area contributed by atoms with Gasteiger partial charge in [-0.15, -0.1) is 0 Å². The summed E-state index contributed by atoms with van der Waals surface area (Å²) in [4.78, 5) is 34.1. The first-order chi connectivity index (χ1) is 20.3. The van der Waals surface area contributed by atoms with E-state index in [0.29, 0.717) is 36.9 Å². The van der Waals surface area contributed by atoms with Crippen LogP contribution in [0.5, 0.6) is 0 Å². The summed E-state index contributed by atoms with van der Waals surface area (Å²) in [6.45, 7) is 6.39. The highest BCUT2D eigenvalue weighted by molar-refractivity contribution is 5.95. The summed E-state index contributed by atoms with van der Waals surface area (Å²) in [7, 11) is 0. The van der Waals surface area contributed by atoms with Gasteiger partial charge in [-0.05, 0) is 55.4 Å². The Hall–Kier alpha value is -4.19. The molecule has 2 aliphatic rings. The number of rotatable bonds is 6. The molecule has 12 heteroatoms. The van der Waals surface area contributed by atoms with Crippen molar-refractivity contribution < 1.29 is 18.7 Å². The van der Waals surface area contributed by atoms with Crippen molar-refractivity contribution in [1.82, 2.24) is 29.4 Å². The van der Waals surface area contributed by atoms with Crippen LogP contribution >= 0.6 is 0 Å². The second-order valence-electron chi connectivity index (χ2n) is 11.4. The van der Waals surface area contributed by atoms with Crippen LogP contribution in [0.15, 0.2) is 43.1 Å². The lowest BCUT2D eigenvalue weighted by atomic mass is 10.1. The molecule has 2 N–H and O–H groups in total. The van der Waals surface area contributed by atoms with Gasteiger partial charge >= 0.3 is 0 Å². The van der Waals surface area contributed by atoms with Crippen molar-refractivity contribution >= 4 is 34.4 Å². The van der Waals surface area contributed by atoms with E-state index in [-0.39, 0.29) is 40.9 Å². The fourth-order valence-electron chi connectivity index (χ4n) is 5.75. The van der Waals surface area contributed by atoms with Crippen LogP contribution in [0.25, 0.3) is 11.0 Å². The highest BCUT2D eigenvalue weighted by Gasteiger charge is 2.27. The summed E-state index contributed by atoms with van der Waals surface area (Å²) in [6, 6.07) is 4.13. The molecule has 4 aromatic rings. The number of anilines is 3. The number of β-amino-alcohol motifs (C(OH)–C–C–N with tert-alkyl or cyclic N) is 1. The molecule has 1 unspecified atom stereocenters. The molecular formula is C30H34F2N8O2. The van der Waals surface area contributed by atoms with Crippen molar-refractivity contribution in [3.8, 4) is 0 Å². The van der Waals surface area contributed by atoms with E-state index in [4.69, 9.17) is 0 Å². The molecule has 10 nitrogen and oxygen atoms in total. The number of aliphatic hydroxyl groups excluding tert-OH is 1. The summed E-state index contributed by atoms with van der Waals surface area (Å²) in [6.07, 6.45) is 8.78. The van der Waals surface area contributed by atoms with Gasteiger partial charge in [-0.3, -0.25) is 4.79 Å². The fraction of sp³-hybridized carbons (Fsp3) is 0.433. The molecule has 2 fully saturated rings. The van der Waals surface area contributed by atoms with Crippen molar-refractivity contribution in [3.05, 3.63) is 65.9 Å². The van der Waals surface area contributed by atoms with E-state index in [1.165, 1.54) is 29.6 Å². The molecule has 0 saturated carbocycles. The third-order valence-electron chi connectivity index (χ3n) is 8.18. The Kier molecular flexibility index (Phi) is 7.72. The molecule has 3 aromatic heterocycles. The normalized spacial score (nSPS) is 18.2. The maximum Gasteiger partial charge on any atom is 0.254 e. The molecule has 0 radical (unpaired) electrons. The van der Waals surface area contributed by atoms with Gasteiger partial charge in [-0.25, -0.2) is 28.7 Å². The van der Waals surface area contributed by atoms with Crippen LogP contribution < -0.4 is 10.2 Å². The third-order valence-corrected chi connectivity index (χ3v) is 8.18. The fourth-order valence-corrected chi connectivity index (χ4v) is 5.75. The van der Waals surface area contributed by atoms with Crippen LogP contribution in [0.1, 0.15) is 67.4 Å². The van der Waals surface area contributed by atoms with Crippen molar-refractivity contribution in [2.45, 2.75) is 57.6 Å². The summed E-state index contributed by atoms with van der Waals surface area (Å²) >= 11 is 0. The molecule has 0 bridgehead atoms. The molecule has 2 saturated heterocycles. The molecule has 0 aliphatic carbocycles. The van der Waals surface area contributed by atoms with Gasteiger partial charge in [0.2, 0.25) is 5.95 Å². The van der Waals surface area contributed by atoms with Gasteiger partial charge in [0.1, 0.15) is 23.6 Å². The van der Waals surface area contributed by atoms with E-state index < -0.39 is 17.7 Å². The number of hydrogen-bond acceptors (Lipinski definition) is 8. The number of fused-ring (bicyclic) bond motifs is 1. The zero-order valence-corrected chi connectivity index (χ0v) is 23.7. The number of likely N-dealkylation sites (tertiary alicyclic amines) is 1. The highest BCUT2D eigenvalue weighted by Crippen LogP contribution is 2.33. The Labute approximate surface area is 242 Å². The minimum Gasteiger partial charge on any atom is -0.391 e. The van der Waals surface area contributed by atoms with Gasteiger partial charge in [-0.2, -0.15) is 0 Å². The van der Waals surface area contributed by atoms with Crippen molar-refractivity contribution in [2.75, 3.05) is 36.4 Å². The number of aromatic nitrogens is 5. The topological polar surface area (TPSA) is 112 Å². The molecule has 220 valence electrons. The van der Waals surface area contributed by atoms with Crippen LogP contribution in [0, 0.1) is 11.6 Å². The zero-order valence-electron chi connectivity index (χ0n) is 23.7. The molecule has 1 aromatic carbocycles. The van der Waals surface area contributed by atoms with Crippen molar-refractivity contribution in [1.29, 1.82) is 0 Å². The average Bonchev–Trinajstić information content (AvgIpc) is 3.35. The molecular weight excluding hydrogens is 542 g/mol. The lowest BCUT2D eigenvalue weighted by Crippen LogP contribution is -2.42. The predicted molar refractivity (Wildman–Crippen MR) is 155 cm³/mol. The highest BCUT2D eigenvalue weighted by atomic mass is 19.1. The Morgan fingerprint density at radius 2 is 1.79 bits per heavy atom. The van der Waals surface area contributed by atoms with E-state index in [0.717, 1.165) is 37.6 Å². The summed E-state index contributed by atoms with van der Waals surface area (Å²) < 4.78 is 32.3. The minimum atomic E-state index is -0.666. The Morgan fingerprint density at radius 3 is 2.48 bits per heavy atom. The number of hydrogen-bond donors (Lipinski definition) is 2. The van der Waals surface area contributed by atoms with Gasteiger partial charge in [0, 0.05) is 56.4 Å². The summed E-state index contributed by atoms with van der Waals surface area (Å²) in [5, 5.41) is 13.0. The summed E-state index contributed by atoms with van der Waals surface area (Å²) in [5.41, 5.74) is 1.77. The molecule has 42 heavy (non-hydrogen) atoms. The van der Waals surface area contributed by atoms with E-state index >= 15 is 8.78 Å². The Morgan fingerprint density at radius 1 is 1.02 bits per heavy atom. The van der Waals surface area contributed by atoms with Gasteiger partial charge in [0.25, 0.3) is 5.91 Å². The smallest absolute Gasteiger partial charge is 0.254 e. The molecule has 0 spiro atoms. The molecule has 5 heterocycles. The van der Waals surface area contributed by atoms with Gasteiger partial charge in [0.05, 0.1) is 17.2 Å². The number of halogens is 2. The second-order valence-corrected chi connectivity index (χ2v) is 11.4. The van der Waals surface area contributed by atoms with Crippen LogP contribution in [-0.4, -0.2) is 72.7 Å². The first kappa shape index (κ1) is 28.0. The lowest BCUT2D eigenvalue weighted by molar-refractivity contribution is 0.0473. The largest absolute Gasteiger partial charge is 0.391 e. The number of nitrogens with zero attached hydrogens (tertiary/aromatic N) is 7. The minimum absolute atomic E-state index is 0.0151. The maximum atomic E-state index is 15.3.